The molecule has 1 aromatic rings. The van der Waals surface area contributed by atoms with E-state index in [0.717, 1.165) is 30.6 Å². The first-order valence-electron chi connectivity index (χ1n) is 7.69. The van der Waals surface area contributed by atoms with Crippen molar-refractivity contribution in [1.82, 2.24) is 15.5 Å². The third-order valence-corrected chi connectivity index (χ3v) is 4.26. The van der Waals surface area contributed by atoms with Crippen LogP contribution in [0.25, 0.3) is 0 Å². The van der Waals surface area contributed by atoms with Gasteiger partial charge in [-0.05, 0) is 44.7 Å². The Morgan fingerprint density at radius 1 is 1.16 bits per heavy atom. The molecule has 0 aliphatic heterocycles. The molecule has 2 aliphatic rings. The Bertz CT molecular complexity index is 393. The Kier molecular flexibility index (Phi) is 3.97. The van der Waals surface area contributed by atoms with Gasteiger partial charge in [-0.2, -0.15) is 5.10 Å². The minimum Gasteiger partial charge on any atom is -0.352 e. The minimum absolute atomic E-state index is 0.676. The van der Waals surface area contributed by atoms with E-state index in [4.69, 9.17) is 0 Å². The van der Waals surface area contributed by atoms with Gasteiger partial charge < -0.3 is 10.2 Å². The molecule has 2 fully saturated rings. The van der Waals surface area contributed by atoms with Crippen LogP contribution >= 0.6 is 0 Å². The quantitative estimate of drug-likeness (QED) is 0.853. The van der Waals surface area contributed by atoms with Crippen molar-refractivity contribution in [1.29, 1.82) is 0 Å². The van der Waals surface area contributed by atoms with Crippen LogP contribution in [0.3, 0.4) is 0 Å². The Hall–Kier alpha value is -1.16. The molecule has 1 heterocycles. The molecule has 0 unspecified atom stereocenters. The topological polar surface area (TPSA) is 41.0 Å². The van der Waals surface area contributed by atoms with Crippen molar-refractivity contribution in [3.05, 3.63) is 17.8 Å². The van der Waals surface area contributed by atoms with E-state index in [0.29, 0.717) is 6.04 Å². The van der Waals surface area contributed by atoms with Crippen LogP contribution in [0.15, 0.2) is 12.1 Å². The zero-order valence-electron chi connectivity index (χ0n) is 11.8. The molecule has 1 aromatic heterocycles. The van der Waals surface area contributed by atoms with E-state index in [1.54, 1.807) is 0 Å². The lowest BCUT2D eigenvalue weighted by molar-refractivity contribution is 0.605. The maximum Gasteiger partial charge on any atom is 0.151 e. The van der Waals surface area contributed by atoms with Crippen molar-refractivity contribution in [3.63, 3.8) is 0 Å². The third-order valence-electron chi connectivity index (χ3n) is 4.26. The molecule has 0 amide bonds. The van der Waals surface area contributed by atoms with Crippen LogP contribution in [0.5, 0.6) is 0 Å². The molecule has 0 bridgehead atoms. The predicted octanol–water partition coefficient (Wildman–Crippen LogP) is 2.50. The summed E-state index contributed by atoms with van der Waals surface area (Å²) in [6.45, 7) is 4.09. The van der Waals surface area contributed by atoms with Gasteiger partial charge in [-0.3, -0.25) is 0 Å². The zero-order valence-corrected chi connectivity index (χ0v) is 11.8. The van der Waals surface area contributed by atoms with E-state index >= 15 is 0 Å². The fourth-order valence-electron chi connectivity index (χ4n) is 2.96. The van der Waals surface area contributed by atoms with Gasteiger partial charge in [0, 0.05) is 25.2 Å². The summed E-state index contributed by atoms with van der Waals surface area (Å²) in [4.78, 5) is 2.41. The van der Waals surface area contributed by atoms with E-state index in [9.17, 15) is 0 Å². The molecule has 4 heteroatoms. The van der Waals surface area contributed by atoms with E-state index in [-0.39, 0.29) is 0 Å². The summed E-state index contributed by atoms with van der Waals surface area (Å²) < 4.78 is 0. The fraction of sp³-hybridized carbons (Fsp3) is 0.733. The number of nitrogens with zero attached hydrogens (tertiary/aromatic N) is 3. The van der Waals surface area contributed by atoms with Crippen molar-refractivity contribution >= 4 is 5.82 Å². The van der Waals surface area contributed by atoms with Gasteiger partial charge in [0.2, 0.25) is 0 Å². The molecule has 0 saturated heterocycles. The molecule has 0 spiro atoms. The van der Waals surface area contributed by atoms with Gasteiger partial charge in [0.25, 0.3) is 0 Å². The maximum absolute atomic E-state index is 4.43. The van der Waals surface area contributed by atoms with Crippen molar-refractivity contribution in [2.24, 2.45) is 0 Å². The van der Waals surface area contributed by atoms with Crippen LogP contribution in [-0.4, -0.2) is 28.8 Å². The average Bonchev–Trinajstić information content (AvgIpc) is 3.13. The van der Waals surface area contributed by atoms with Crippen molar-refractivity contribution in [2.45, 2.75) is 64.1 Å². The van der Waals surface area contributed by atoms with E-state index < -0.39 is 0 Å². The highest BCUT2D eigenvalue weighted by atomic mass is 15.3. The molecule has 4 nitrogen and oxygen atoms in total. The summed E-state index contributed by atoms with van der Waals surface area (Å²) >= 11 is 0. The lowest BCUT2D eigenvalue weighted by Crippen LogP contribution is -2.33. The van der Waals surface area contributed by atoms with Gasteiger partial charge in [-0.25, -0.2) is 0 Å². The molecular weight excluding hydrogens is 236 g/mol. The van der Waals surface area contributed by atoms with Gasteiger partial charge in [-0.15, -0.1) is 5.10 Å². The van der Waals surface area contributed by atoms with Crippen LogP contribution in [0.1, 0.15) is 51.1 Å². The first-order valence-corrected chi connectivity index (χ1v) is 7.69. The normalized spacial score (nSPS) is 19.8. The standard InChI is InChI=1S/C15H24N4/c1-2-19(14-5-3-4-6-14)15-10-9-13(17-18-15)11-16-12-7-8-12/h9-10,12,14,16H,2-8,11H2,1H3. The van der Waals surface area contributed by atoms with Crippen LogP contribution in [0, 0.1) is 0 Å². The summed E-state index contributed by atoms with van der Waals surface area (Å²) in [5.74, 6) is 1.05. The van der Waals surface area contributed by atoms with Crippen LogP contribution < -0.4 is 10.2 Å². The van der Waals surface area contributed by atoms with Crippen LogP contribution in [0.2, 0.25) is 0 Å². The SMILES string of the molecule is CCN(c1ccc(CNC2CC2)nn1)C1CCCC1. The number of hydrogen-bond acceptors (Lipinski definition) is 4. The predicted molar refractivity (Wildman–Crippen MR) is 77.2 cm³/mol. The maximum atomic E-state index is 4.43. The Morgan fingerprint density at radius 2 is 1.95 bits per heavy atom. The molecule has 0 radical (unpaired) electrons. The Labute approximate surface area is 115 Å². The second-order valence-corrected chi connectivity index (χ2v) is 5.76. The molecule has 104 valence electrons. The number of aromatic nitrogens is 2. The lowest BCUT2D eigenvalue weighted by atomic mass is 10.2. The molecule has 1 N–H and O–H groups in total. The van der Waals surface area contributed by atoms with Gasteiger partial charge in [0.1, 0.15) is 0 Å². The molecule has 2 aliphatic carbocycles. The van der Waals surface area contributed by atoms with Crippen molar-refractivity contribution < 1.29 is 0 Å². The summed E-state index contributed by atoms with van der Waals surface area (Å²) in [7, 11) is 0. The highest BCUT2D eigenvalue weighted by molar-refractivity contribution is 5.38. The third kappa shape index (κ3) is 3.24. The monoisotopic (exact) mass is 260 g/mol. The van der Waals surface area contributed by atoms with Gasteiger partial charge >= 0.3 is 0 Å². The van der Waals surface area contributed by atoms with Crippen LogP contribution in [0.4, 0.5) is 5.82 Å². The molecular formula is C15H24N4. The Balaban J connectivity index is 1.62. The fourth-order valence-corrected chi connectivity index (χ4v) is 2.96. The number of rotatable bonds is 6. The first kappa shape index (κ1) is 12.9. The minimum atomic E-state index is 0.676. The largest absolute Gasteiger partial charge is 0.352 e. The van der Waals surface area contributed by atoms with E-state index in [2.05, 4.69) is 39.5 Å². The van der Waals surface area contributed by atoms with Crippen molar-refractivity contribution in [3.8, 4) is 0 Å². The molecule has 2 saturated carbocycles. The molecule has 3 rings (SSSR count). The highest BCUT2D eigenvalue weighted by Crippen LogP contribution is 2.26. The van der Waals surface area contributed by atoms with Gasteiger partial charge in [0.05, 0.1) is 5.69 Å². The average molecular weight is 260 g/mol. The first-order chi connectivity index (χ1) is 9.36. The molecule has 19 heavy (non-hydrogen) atoms. The number of nitrogens with one attached hydrogen (secondary N) is 1. The molecule has 0 aromatic carbocycles. The van der Waals surface area contributed by atoms with Crippen molar-refractivity contribution in [2.75, 3.05) is 11.4 Å². The van der Waals surface area contributed by atoms with Gasteiger partial charge in [-0.1, -0.05) is 12.8 Å². The van der Waals surface area contributed by atoms with Crippen LogP contribution in [-0.2, 0) is 6.54 Å². The second-order valence-electron chi connectivity index (χ2n) is 5.76. The number of anilines is 1. The number of hydrogen-bond donors (Lipinski definition) is 1. The molecule has 0 atom stereocenters. The summed E-state index contributed by atoms with van der Waals surface area (Å²) in [6.07, 6.45) is 7.96. The van der Waals surface area contributed by atoms with E-state index in [1.165, 1.54) is 38.5 Å². The van der Waals surface area contributed by atoms with Gasteiger partial charge in [0.15, 0.2) is 5.82 Å². The highest BCUT2D eigenvalue weighted by Gasteiger charge is 2.23. The summed E-state index contributed by atoms with van der Waals surface area (Å²) in [6, 6.07) is 5.66. The summed E-state index contributed by atoms with van der Waals surface area (Å²) in [5.41, 5.74) is 1.05. The van der Waals surface area contributed by atoms with E-state index in [1.807, 2.05) is 0 Å². The lowest BCUT2D eigenvalue weighted by Gasteiger charge is -2.28. The summed E-state index contributed by atoms with van der Waals surface area (Å²) in [5, 5.41) is 12.3. The zero-order chi connectivity index (χ0) is 13.1. The Morgan fingerprint density at radius 3 is 2.53 bits per heavy atom. The smallest absolute Gasteiger partial charge is 0.151 e. The second kappa shape index (κ2) is 5.87.